The zero-order valence-electron chi connectivity index (χ0n) is 14.2. The molecule has 5 heteroatoms. The minimum atomic E-state index is -0.385. The third kappa shape index (κ3) is 3.40. The zero-order valence-corrected chi connectivity index (χ0v) is 14.2. The first kappa shape index (κ1) is 17.2. The van der Waals surface area contributed by atoms with E-state index >= 15 is 0 Å². The van der Waals surface area contributed by atoms with Gasteiger partial charge in [0.1, 0.15) is 6.07 Å². The summed E-state index contributed by atoms with van der Waals surface area (Å²) in [6.07, 6.45) is 3.24. The number of ketones is 1. The predicted octanol–water partition coefficient (Wildman–Crippen LogP) is 3.76. The minimum absolute atomic E-state index is 0.205. The van der Waals surface area contributed by atoms with E-state index < -0.39 is 0 Å². The van der Waals surface area contributed by atoms with E-state index in [-0.39, 0.29) is 11.8 Å². The molecular formula is C21H16N2O3. The van der Waals surface area contributed by atoms with Crippen LogP contribution >= 0.6 is 0 Å². The van der Waals surface area contributed by atoms with Crippen LogP contribution in [0, 0.1) is 11.3 Å². The monoisotopic (exact) mass is 344 g/mol. The van der Waals surface area contributed by atoms with Crippen molar-refractivity contribution in [1.29, 1.82) is 5.26 Å². The largest absolute Gasteiger partial charge is 0.462 e. The maximum Gasteiger partial charge on any atom is 0.338 e. The predicted molar refractivity (Wildman–Crippen MR) is 96.3 cm³/mol. The Morgan fingerprint density at radius 2 is 1.69 bits per heavy atom. The molecule has 5 nitrogen and oxygen atoms in total. The van der Waals surface area contributed by atoms with Gasteiger partial charge in [-0.2, -0.15) is 5.26 Å². The zero-order chi connectivity index (χ0) is 18.5. The Hall–Kier alpha value is -3.65. The molecule has 0 unspecified atom stereocenters. The first-order valence-electron chi connectivity index (χ1n) is 8.13. The van der Waals surface area contributed by atoms with Crippen molar-refractivity contribution in [3.8, 4) is 11.8 Å². The summed E-state index contributed by atoms with van der Waals surface area (Å²) < 4.78 is 6.66. The molecule has 3 rings (SSSR count). The van der Waals surface area contributed by atoms with Crippen LogP contribution in [0.15, 0.2) is 67.0 Å². The molecule has 0 bridgehead atoms. The third-order valence-corrected chi connectivity index (χ3v) is 3.90. The fraction of sp³-hybridized carbons (Fsp3) is 0.0952. The van der Waals surface area contributed by atoms with Gasteiger partial charge in [-0.25, -0.2) is 4.79 Å². The standard InChI is InChI=1S/C21H16N2O3/c1-2-26-21(25)16-8-10-18(11-9-16)23-13-17(12-22)19(14-23)20(24)15-6-4-3-5-7-15/h3-11,13-14H,2H2,1H3. The van der Waals surface area contributed by atoms with Crippen molar-refractivity contribution in [3.05, 3.63) is 89.2 Å². The van der Waals surface area contributed by atoms with Gasteiger partial charge in [0.25, 0.3) is 0 Å². The van der Waals surface area contributed by atoms with E-state index in [9.17, 15) is 14.9 Å². The van der Waals surface area contributed by atoms with Gasteiger partial charge in [-0.3, -0.25) is 4.79 Å². The van der Waals surface area contributed by atoms with Gasteiger partial charge < -0.3 is 9.30 Å². The van der Waals surface area contributed by atoms with Gasteiger partial charge in [-0.15, -0.1) is 0 Å². The van der Waals surface area contributed by atoms with Crippen LogP contribution in [0.2, 0.25) is 0 Å². The Morgan fingerprint density at radius 3 is 2.31 bits per heavy atom. The molecule has 0 aliphatic rings. The fourth-order valence-corrected chi connectivity index (χ4v) is 2.60. The van der Waals surface area contributed by atoms with Crippen LogP contribution in [0.5, 0.6) is 0 Å². The molecule has 0 N–H and O–H groups in total. The van der Waals surface area contributed by atoms with E-state index in [0.29, 0.717) is 28.9 Å². The number of esters is 1. The Balaban J connectivity index is 1.93. The Morgan fingerprint density at radius 1 is 1.00 bits per heavy atom. The van der Waals surface area contributed by atoms with Crippen molar-refractivity contribution < 1.29 is 14.3 Å². The van der Waals surface area contributed by atoms with Crippen LogP contribution in [0.1, 0.15) is 38.8 Å². The molecule has 1 aromatic heterocycles. The number of carbonyl (C=O) groups is 2. The van der Waals surface area contributed by atoms with Crippen molar-refractivity contribution in [1.82, 2.24) is 4.57 Å². The van der Waals surface area contributed by atoms with E-state index in [1.165, 1.54) is 0 Å². The van der Waals surface area contributed by atoms with Gasteiger partial charge >= 0.3 is 5.97 Å². The normalized spacial score (nSPS) is 10.2. The van der Waals surface area contributed by atoms with Gasteiger partial charge in [-0.05, 0) is 31.2 Å². The quantitative estimate of drug-likeness (QED) is 0.522. The summed E-state index contributed by atoms with van der Waals surface area (Å²) in [7, 11) is 0. The van der Waals surface area contributed by atoms with Gasteiger partial charge in [0.15, 0.2) is 5.78 Å². The Labute approximate surface area is 151 Å². The lowest BCUT2D eigenvalue weighted by molar-refractivity contribution is 0.0526. The van der Waals surface area contributed by atoms with Gasteiger partial charge in [0.2, 0.25) is 0 Å². The third-order valence-electron chi connectivity index (χ3n) is 3.90. The summed E-state index contributed by atoms with van der Waals surface area (Å²) in [5.41, 5.74) is 2.35. The molecule has 1 heterocycles. The number of nitriles is 1. The van der Waals surface area contributed by atoms with E-state index in [4.69, 9.17) is 4.74 Å². The summed E-state index contributed by atoms with van der Waals surface area (Å²) in [6, 6.07) is 17.7. The summed E-state index contributed by atoms with van der Waals surface area (Å²) in [6.45, 7) is 2.06. The molecule has 0 fully saturated rings. The summed E-state index contributed by atoms with van der Waals surface area (Å²) in [5, 5.41) is 9.37. The molecule has 3 aromatic rings. The molecule has 0 atom stereocenters. The fourth-order valence-electron chi connectivity index (χ4n) is 2.60. The molecule has 0 amide bonds. The topological polar surface area (TPSA) is 72.1 Å². The lowest BCUT2D eigenvalue weighted by atomic mass is 10.0. The highest BCUT2D eigenvalue weighted by atomic mass is 16.5. The number of carbonyl (C=O) groups excluding carboxylic acids is 2. The molecule has 128 valence electrons. The average molecular weight is 344 g/mol. The second-order valence-corrected chi connectivity index (χ2v) is 5.57. The first-order chi connectivity index (χ1) is 12.6. The van der Waals surface area contributed by atoms with Crippen molar-refractivity contribution in [3.63, 3.8) is 0 Å². The molecule has 0 aliphatic heterocycles. The number of ether oxygens (including phenoxy) is 1. The molecule has 0 spiro atoms. The molecule has 0 radical (unpaired) electrons. The van der Waals surface area contributed by atoms with E-state index in [2.05, 4.69) is 6.07 Å². The van der Waals surface area contributed by atoms with Crippen molar-refractivity contribution in [2.75, 3.05) is 6.61 Å². The van der Waals surface area contributed by atoms with Crippen LogP contribution in [0.25, 0.3) is 5.69 Å². The second kappa shape index (κ2) is 7.49. The first-order valence-corrected chi connectivity index (χ1v) is 8.13. The highest BCUT2D eigenvalue weighted by molar-refractivity contribution is 6.10. The van der Waals surface area contributed by atoms with Gasteiger partial charge in [-0.1, -0.05) is 30.3 Å². The molecule has 26 heavy (non-hydrogen) atoms. The SMILES string of the molecule is CCOC(=O)c1ccc(-n2cc(C#N)c(C(=O)c3ccccc3)c2)cc1. The van der Waals surface area contributed by atoms with Crippen molar-refractivity contribution in [2.45, 2.75) is 6.92 Å². The lowest BCUT2D eigenvalue weighted by Crippen LogP contribution is -2.04. The molecule has 2 aromatic carbocycles. The van der Waals surface area contributed by atoms with Crippen LogP contribution in [0.4, 0.5) is 0 Å². The maximum absolute atomic E-state index is 12.7. The van der Waals surface area contributed by atoms with Crippen LogP contribution in [-0.4, -0.2) is 22.9 Å². The molecular weight excluding hydrogens is 328 g/mol. The molecule has 0 saturated carbocycles. The van der Waals surface area contributed by atoms with Crippen LogP contribution < -0.4 is 0 Å². The average Bonchev–Trinajstić information content (AvgIpc) is 3.13. The summed E-state index contributed by atoms with van der Waals surface area (Å²) >= 11 is 0. The van der Waals surface area contributed by atoms with Crippen molar-refractivity contribution in [2.24, 2.45) is 0 Å². The summed E-state index contributed by atoms with van der Waals surface area (Å²) in [4.78, 5) is 24.4. The molecule has 0 aliphatic carbocycles. The number of hydrogen-bond donors (Lipinski definition) is 0. The number of rotatable bonds is 5. The van der Waals surface area contributed by atoms with E-state index in [1.54, 1.807) is 72.4 Å². The highest BCUT2D eigenvalue weighted by Gasteiger charge is 2.17. The Kier molecular flexibility index (Phi) is 4.95. The Bertz CT molecular complexity index is 980. The molecule has 0 saturated heterocycles. The summed E-state index contributed by atoms with van der Waals surface area (Å²) in [5.74, 6) is -0.590. The van der Waals surface area contributed by atoms with Gasteiger partial charge in [0.05, 0.1) is 23.3 Å². The van der Waals surface area contributed by atoms with Crippen LogP contribution in [-0.2, 0) is 4.74 Å². The van der Waals surface area contributed by atoms with E-state index in [0.717, 1.165) is 5.69 Å². The maximum atomic E-state index is 12.7. The van der Waals surface area contributed by atoms with Gasteiger partial charge in [0, 0.05) is 23.6 Å². The number of hydrogen-bond acceptors (Lipinski definition) is 4. The van der Waals surface area contributed by atoms with Crippen molar-refractivity contribution >= 4 is 11.8 Å². The smallest absolute Gasteiger partial charge is 0.338 e. The number of aromatic nitrogens is 1. The van der Waals surface area contributed by atoms with Crippen LogP contribution in [0.3, 0.4) is 0 Å². The lowest BCUT2D eigenvalue weighted by Gasteiger charge is -2.05. The minimum Gasteiger partial charge on any atom is -0.462 e. The van der Waals surface area contributed by atoms with E-state index in [1.807, 2.05) is 6.07 Å². The number of nitrogens with zero attached hydrogens (tertiary/aromatic N) is 2. The second-order valence-electron chi connectivity index (χ2n) is 5.57. The highest BCUT2D eigenvalue weighted by Crippen LogP contribution is 2.19. The number of benzene rings is 2.